The lowest BCUT2D eigenvalue weighted by Crippen LogP contribution is -2.47. The lowest BCUT2D eigenvalue weighted by molar-refractivity contribution is -0.111. The standard InChI is InChI=1S/C23H27NO3S/c1-17-9-11-20(12-10-17)28-21(25)15-19-13-14-23(2,3)24(19)22(26)27-16-18-7-5-4-6-8-18/h4-12,19H,13-16H2,1-3H3/t19-/m0/s1. The fourth-order valence-electron chi connectivity index (χ4n) is 3.61. The largest absolute Gasteiger partial charge is 0.445 e. The Hall–Kier alpha value is -2.27. The van der Waals surface area contributed by atoms with Crippen LogP contribution in [0.4, 0.5) is 4.79 Å². The zero-order valence-corrected chi connectivity index (χ0v) is 17.5. The maximum absolute atomic E-state index is 12.8. The van der Waals surface area contributed by atoms with Gasteiger partial charge in [-0.2, -0.15) is 0 Å². The summed E-state index contributed by atoms with van der Waals surface area (Å²) in [6.45, 7) is 6.34. The van der Waals surface area contributed by atoms with E-state index in [4.69, 9.17) is 4.74 Å². The van der Waals surface area contributed by atoms with E-state index in [0.717, 1.165) is 23.3 Å². The second kappa shape index (κ2) is 8.82. The number of rotatable bonds is 5. The molecule has 4 nitrogen and oxygen atoms in total. The van der Waals surface area contributed by atoms with Gasteiger partial charge in [-0.25, -0.2) is 4.79 Å². The molecular weight excluding hydrogens is 370 g/mol. The van der Waals surface area contributed by atoms with Crippen LogP contribution in [0, 0.1) is 6.92 Å². The molecule has 0 aromatic heterocycles. The van der Waals surface area contributed by atoms with Gasteiger partial charge in [0.2, 0.25) is 0 Å². The number of carbonyl (C=O) groups excluding carboxylic acids is 2. The number of benzene rings is 2. The van der Waals surface area contributed by atoms with Crippen LogP contribution in [0.15, 0.2) is 59.5 Å². The number of thioether (sulfide) groups is 1. The van der Waals surface area contributed by atoms with Crippen LogP contribution in [-0.2, 0) is 16.1 Å². The molecule has 0 saturated carbocycles. The van der Waals surface area contributed by atoms with Crippen molar-refractivity contribution in [1.29, 1.82) is 0 Å². The van der Waals surface area contributed by atoms with E-state index >= 15 is 0 Å². The van der Waals surface area contributed by atoms with Gasteiger partial charge >= 0.3 is 6.09 Å². The number of amides is 1. The highest BCUT2D eigenvalue weighted by Crippen LogP contribution is 2.37. The molecule has 0 N–H and O–H groups in total. The minimum atomic E-state index is -0.343. The van der Waals surface area contributed by atoms with Gasteiger partial charge in [0.25, 0.3) is 0 Å². The van der Waals surface area contributed by atoms with E-state index in [1.54, 1.807) is 4.90 Å². The number of hydrogen-bond donors (Lipinski definition) is 0. The number of ether oxygens (including phenoxy) is 1. The van der Waals surface area contributed by atoms with Gasteiger partial charge in [-0.1, -0.05) is 59.8 Å². The van der Waals surface area contributed by atoms with Gasteiger partial charge in [-0.15, -0.1) is 0 Å². The molecule has 1 saturated heterocycles. The van der Waals surface area contributed by atoms with E-state index in [9.17, 15) is 9.59 Å². The van der Waals surface area contributed by atoms with Gasteiger partial charge in [0.1, 0.15) is 6.61 Å². The summed E-state index contributed by atoms with van der Waals surface area (Å²) in [6.07, 6.45) is 1.67. The molecule has 0 aliphatic carbocycles. The molecule has 1 fully saturated rings. The monoisotopic (exact) mass is 397 g/mol. The van der Waals surface area contributed by atoms with E-state index in [1.165, 1.54) is 17.3 Å². The Labute approximate surface area is 171 Å². The number of aryl methyl sites for hydroxylation is 1. The van der Waals surface area contributed by atoms with Gasteiger partial charge < -0.3 is 4.74 Å². The summed E-state index contributed by atoms with van der Waals surface area (Å²) in [5, 5.41) is 0.0763. The van der Waals surface area contributed by atoms with Crippen molar-refractivity contribution in [1.82, 2.24) is 4.90 Å². The number of nitrogens with zero attached hydrogens (tertiary/aromatic N) is 1. The Morgan fingerprint density at radius 2 is 1.79 bits per heavy atom. The van der Waals surface area contributed by atoms with Crippen molar-refractivity contribution in [2.75, 3.05) is 0 Å². The number of hydrogen-bond acceptors (Lipinski definition) is 4. The third-order valence-electron chi connectivity index (χ3n) is 5.16. The Bertz CT molecular complexity index is 818. The molecule has 2 aromatic carbocycles. The minimum Gasteiger partial charge on any atom is -0.445 e. The lowest BCUT2D eigenvalue weighted by Gasteiger charge is -2.34. The molecule has 1 heterocycles. The summed E-state index contributed by atoms with van der Waals surface area (Å²) in [7, 11) is 0. The fraction of sp³-hybridized carbons (Fsp3) is 0.391. The molecule has 0 radical (unpaired) electrons. The highest BCUT2D eigenvalue weighted by atomic mass is 32.2. The average Bonchev–Trinajstić information content (AvgIpc) is 2.96. The highest BCUT2D eigenvalue weighted by Gasteiger charge is 2.44. The Morgan fingerprint density at radius 3 is 2.46 bits per heavy atom. The SMILES string of the molecule is Cc1ccc(SC(=O)C[C@@H]2CCC(C)(C)N2C(=O)OCc2ccccc2)cc1. The van der Waals surface area contributed by atoms with Crippen molar-refractivity contribution in [3.05, 3.63) is 65.7 Å². The Kier molecular flexibility index (Phi) is 6.45. The molecule has 1 aliphatic rings. The van der Waals surface area contributed by atoms with E-state index in [0.29, 0.717) is 6.42 Å². The van der Waals surface area contributed by atoms with Crippen LogP contribution in [0.5, 0.6) is 0 Å². The van der Waals surface area contributed by atoms with E-state index in [1.807, 2.05) is 75.4 Å². The molecule has 0 spiro atoms. The van der Waals surface area contributed by atoms with Gasteiger partial charge in [-0.3, -0.25) is 9.69 Å². The molecule has 5 heteroatoms. The summed E-state index contributed by atoms with van der Waals surface area (Å²) < 4.78 is 5.56. The first kappa shape index (κ1) is 20.5. The van der Waals surface area contributed by atoms with Crippen LogP contribution in [-0.4, -0.2) is 27.7 Å². The predicted molar refractivity (Wildman–Crippen MR) is 112 cm³/mol. The van der Waals surface area contributed by atoms with Gasteiger partial charge in [0.15, 0.2) is 5.12 Å². The molecular formula is C23H27NO3S. The topological polar surface area (TPSA) is 46.6 Å². The molecule has 0 bridgehead atoms. The average molecular weight is 398 g/mol. The van der Waals surface area contributed by atoms with Crippen molar-refractivity contribution < 1.29 is 14.3 Å². The number of carbonyl (C=O) groups is 2. The van der Waals surface area contributed by atoms with Crippen molar-refractivity contribution in [2.45, 2.75) is 63.1 Å². The fourth-order valence-corrected chi connectivity index (χ4v) is 4.42. The molecule has 3 rings (SSSR count). The zero-order valence-electron chi connectivity index (χ0n) is 16.7. The molecule has 1 atom stereocenters. The van der Waals surface area contributed by atoms with Gasteiger partial charge in [-0.05, 0) is 51.3 Å². The van der Waals surface area contributed by atoms with Crippen molar-refractivity contribution >= 4 is 23.0 Å². The highest BCUT2D eigenvalue weighted by molar-refractivity contribution is 8.13. The maximum atomic E-state index is 12.8. The van der Waals surface area contributed by atoms with Crippen molar-refractivity contribution in [2.24, 2.45) is 0 Å². The quantitative estimate of drug-likeness (QED) is 0.618. The van der Waals surface area contributed by atoms with Crippen LogP contribution in [0.25, 0.3) is 0 Å². The van der Waals surface area contributed by atoms with E-state index < -0.39 is 0 Å². The Morgan fingerprint density at radius 1 is 1.11 bits per heavy atom. The smallest absolute Gasteiger partial charge is 0.410 e. The number of likely N-dealkylation sites (tertiary alicyclic amines) is 1. The van der Waals surface area contributed by atoms with Gasteiger partial charge in [0.05, 0.1) is 0 Å². The third-order valence-corrected chi connectivity index (χ3v) is 6.07. The summed E-state index contributed by atoms with van der Waals surface area (Å²) in [5.74, 6) is 0. The van der Waals surface area contributed by atoms with Crippen LogP contribution in [0.3, 0.4) is 0 Å². The summed E-state index contributed by atoms with van der Waals surface area (Å²) in [5.41, 5.74) is 1.81. The van der Waals surface area contributed by atoms with Crippen LogP contribution in [0.2, 0.25) is 0 Å². The van der Waals surface area contributed by atoms with E-state index in [2.05, 4.69) is 0 Å². The molecule has 1 aliphatic heterocycles. The molecule has 2 aromatic rings. The zero-order chi connectivity index (χ0) is 20.1. The first-order valence-corrected chi connectivity index (χ1v) is 10.4. The van der Waals surface area contributed by atoms with Gasteiger partial charge in [0, 0.05) is 22.9 Å². The van der Waals surface area contributed by atoms with Crippen LogP contribution in [0.1, 0.15) is 44.2 Å². The summed E-state index contributed by atoms with van der Waals surface area (Å²) in [6, 6.07) is 17.4. The predicted octanol–water partition coefficient (Wildman–Crippen LogP) is 5.58. The second-order valence-corrected chi connectivity index (χ2v) is 9.04. The minimum absolute atomic E-state index is 0.0763. The third kappa shape index (κ3) is 5.16. The van der Waals surface area contributed by atoms with Crippen LogP contribution < -0.4 is 0 Å². The second-order valence-electron chi connectivity index (χ2n) is 7.91. The van der Waals surface area contributed by atoms with Crippen molar-refractivity contribution in [3.8, 4) is 0 Å². The molecule has 28 heavy (non-hydrogen) atoms. The van der Waals surface area contributed by atoms with Crippen molar-refractivity contribution in [3.63, 3.8) is 0 Å². The first-order valence-electron chi connectivity index (χ1n) is 9.62. The summed E-state index contributed by atoms with van der Waals surface area (Å²) >= 11 is 1.25. The molecule has 0 unspecified atom stereocenters. The van der Waals surface area contributed by atoms with Crippen LogP contribution >= 0.6 is 11.8 Å². The molecule has 1 amide bonds. The molecule has 148 valence electrons. The maximum Gasteiger partial charge on any atom is 0.410 e. The normalized spacial score (nSPS) is 18.1. The lowest BCUT2D eigenvalue weighted by atomic mass is 10.0. The van der Waals surface area contributed by atoms with E-state index in [-0.39, 0.29) is 29.4 Å². The summed E-state index contributed by atoms with van der Waals surface area (Å²) in [4.78, 5) is 28.1. The Balaban J connectivity index is 1.61. The first-order chi connectivity index (χ1) is 13.3.